The number of hydrogen-bond donors (Lipinski definition) is 2. The zero-order valence-corrected chi connectivity index (χ0v) is 11.5. The summed E-state index contributed by atoms with van der Waals surface area (Å²) in [6.07, 6.45) is 1.57. The van der Waals surface area contributed by atoms with Crippen LogP contribution < -0.4 is 5.32 Å². The molecule has 0 saturated heterocycles. The van der Waals surface area contributed by atoms with Gasteiger partial charge in [-0.1, -0.05) is 0 Å². The van der Waals surface area contributed by atoms with Gasteiger partial charge < -0.3 is 15.3 Å². The van der Waals surface area contributed by atoms with Crippen molar-refractivity contribution < 1.29 is 5.11 Å². The van der Waals surface area contributed by atoms with Crippen LogP contribution in [-0.4, -0.2) is 34.9 Å². The summed E-state index contributed by atoms with van der Waals surface area (Å²) < 4.78 is 0. The van der Waals surface area contributed by atoms with E-state index in [0.29, 0.717) is 34.9 Å². The minimum Gasteiger partial charge on any atom is -0.372 e. The first kappa shape index (κ1) is 13.3. The van der Waals surface area contributed by atoms with Crippen LogP contribution in [0, 0.1) is 18.3 Å². The van der Waals surface area contributed by atoms with Gasteiger partial charge in [0, 0.05) is 19.3 Å². The molecule has 0 saturated carbocycles. The van der Waals surface area contributed by atoms with Crippen LogP contribution in [0.15, 0.2) is 4.99 Å². The molecule has 6 heteroatoms. The lowest BCUT2D eigenvalue weighted by molar-refractivity contribution is -0.0563. The average molecular weight is 259 g/mol. The molecule has 0 aromatic carbocycles. The lowest BCUT2D eigenvalue weighted by atomic mass is 9.95. The van der Waals surface area contributed by atoms with Crippen molar-refractivity contribution in [2.45, 2.75) is 26.5 Å². The number of rotatable bonds is 2. The number of pyridine rings is 1. The average Bonchev–Trinajstić information content (AvgIpc) is 2.37. The molecule has 0 fully saturated rings. The number of aliphatic hydroxyl groups is 1. The number of nitriles is 1. The van der Waals surface area contributed by atoms with Crippen LogP contribution in [0.3, 0.4) is 0 Å². The summed E-state index contributed by atoms with van der Waals surface area (Å²) in [6.45, 7) is 6.05. The highest BCUT2D eigenvalue weighted by molar-refractivity contribution is 5.78. The second-order valence-corrected chi connectivity index (χ2v) is 4.56. The Morgan fingerprint density at radius 2 is 2.26 bits per heavy atom. The highest BCUT2D eigenvalue weighted by Gasteiger charge is 2.38. The Hall–Kier alpha value is -2.13. The van der Waals surface area contributed by atoms with Crippen molar-refractivity contribution in [3.8, 4) is 6.07 Å². The van der Waals surface area contributed by atoms with Crippen LogP contribution in [0.1, 0.15) is 30.7 Å². The molecule has 1 unspecified atom stereocenters. The number of nitrogens with zero attached hydrogens (tertiary/aromatic N) is 4. The first-order valence-corrected chi connectivity index (χ1v) is 6.13. The largest absolute Gasteiger partial charge is 0.372 e. The third-order valence-electron chi connectivity index (χ3n) is 3.40. The van der Waals surface area contributed by atoms with Crippen molar-refractivity contribution in [1.82, 2.24) is 9.88 Å². The number of anilines is 1. The highest BCUT2D eigenvalue weighted by atomic mass is 16.3. The van der Waals surface area contributed by atoms with E-state index in [-0.39, 0.29) is 0 Å². The van der Waals surface area contributed by atoms with E-state index in [0.717, 1.165) is 0 Å². The van der Waals surface area contributed by atoms with Crippen LogP contribution >= 0.6 is 0 Å². The molecule has 100 valence electrons. The van der Waals surface area contributed by atoms with Crippen molar-refractivity contribution in [2.75, 3.05) is 18.9 Å². The second-order valence-electron chi connectivity index (χ2n) is 4.56. The van der Waals surface area contributed by atoms with Crippen LogP contribution in [0.25, 0.3) is 0 Å². The van der Waals surface area contributed by atoms with Gasteiger partial charge in [0.2, 0.25) is 0 Å². The van der Waals surface area contributed by atoms with Crippen molar-refractivity contribution in [3.63, 3.8) is 0 Å². The molecule has 6 nitrogen and oxygen atoms in total. The molecule has 1 aliphatic rings. The van der Waals surface area contributed by atoms with E-state index in [4.69, 9.17) is 0 Å². The Balaban J connectivity index is 2.79. The quantitative estimate of drug-likeness (QED) is 0.840. The fourth-order valence-electron chi connectivity index (χ4n) is 2.44. The third-order valence-corrected chi connectivity index (χ3v) is 3.40. The Kier molecular flexibility index (Phi) is 3.16. The molecular weight excluding hydrogens is 242 g/mol. The Bertz CT molecular complexity index is 586. The number of aromatic nitrogens is 1. The summed E-state index contributed by atoms with van der Waals surface area (Å²) in [5, 5.41) is 22.9. The summed E-state index contributed by atoms with van der Waals surface area (Å²) in [7, 11) is 1.71. The molecule has 0 spiro atoms. The van der Waals surface area contributed by atoms with Gasteiger partial charge in [-0.25, -0.2) is 9.98 Å². The lowest BCUT2D eigenvalue weighted by Gasteiger charge is -2.39. The van der Waals surface area contributed by atoms with E-state index < -0.39 is 5.72 Å². The van der Waals surface area contributed by atoms with Crippen LogP contribution in [-0.2, 0) is 5.72 Å². The number of aliphatic imine (C=N–C) groups is 1. The maximum Gasteiger partial charge on any atom is 0.166 e. The fraction of sp³-hybridized carbons (Fsp3) is 0.462. The summed E-state index contributed by atoms with van der Waals surface area (Å²) >= 11 is 0. The molecule has 0 amide bonds. The molecule has 1 atom stereocenters. The Morgan fingerprint density at radius 3 is 2.79 bits per heavy atom. The van der Waals surface area contributed by atoms with Gasteiger partial charge in [-0.2, -0.15) is 5.26 Å². The van der Waals surface area contributed by atoms with Gasteiger partial charge >= 0.3 is 0 Å². The molecule has 1 aromatic heterocycles. The van der Waals surface area contributed by atoms with Crippen molar-refractivity contribution in [1.29, 1.82) is 5.26 Å². The summed E-state index contributed by atoms with van der Waals surface area (Å²) in [4.78, 5) is 10.4. The molecule has 2 rings (SSSR count). The zero-order valence-electron chi connectivity index (χ0n) is 11.5. The van der Waals surface area contributed by atoms with Crippen molar-refractivity contribution in [2.24, 2.45) is 4.99 Å². The van der Waals surface area contributed by atoms with E-state index in [1.807, 2.05) is 13.8 Å². The van der Waals surface area contributed by atoms with E-state index in [2.05, 4.69) is 21.4 Å². The SMILES string of the molecule is CCN1C=Nc2c(C#N)c(NC)nc(C)c2C1(C)O. The first-order valence-electron chi connectivity index (χ1n) is 6.13. The normalized spacial score (nSPS) is 20.9. The van der Waals surface area contributed by atoms with E-state index >= 15 is 0 Å². The molecule has 2 heterocycles. The number of fused-ring (bicyclic) bond motifs is 1. The summed E-state index contributed by atoms with van der Waals surface area (Å²) in [5.41, 5.74) is 0.899. The Labute approximate surface area is 112 Å². The van der Waals surface area contributed by atoms with E-state index in [9.17, 15) is 10.4 Å². The van der Waals surface area contributed by atoms with Crippen LogP contribution in [0.2, 0.25) is 0 Å². The summed E-state index contributed by atoms with van der Waals surface area (Å²) in [6, 6.07) is 2.10. The van der Waals surface area contributed by atoms with Crippen molar-refractivity contribution >= 4 is 17.8 Å². The Morgan fingerprint density at radius 1 is 1.58 bits per heavy atom. The fourth-order valence-corrected chi connectivity index (χ4v) is 2.44. The first-order chi connectivity index (χ1) is 8.97. The van der Waals surface area contributed by atoms with Gasteiger partial charge in [-0.3, -0.25) is 0 Å². The van der Waals surface area contributed by atoms with Crippen molar-refractivity contribution in [3.05, 3.63) is 16.8 Å². The maximum atomic E-state index is 10.7. The van der Waals surface area contributed by atoms with E-state index in [1.54, 1.807) is 25.2 Å². The minimum atomic E-state index is -1.21. The zero-order chi connectivity index (χ0) is 14.2. The number of aryl methyl sites for hydroxylation is 1. The topological polar surface area (TPSA) is 84.5 Å². The molecule has 0 bridgehead atoms. The second kappa shape index (κ2) is 4.52. The van der Waals surface area contributed by atoms with Gasteiger partial charge in [0.15, 0.2) is 5.72 Å². The molecule has 19 heavy (non-hydrogen) atoms. The summed E-state index contributed by atoms with van der Waals surface area (Å²) in [5.74, 6) is 0.483. The van der Waals surface area contributed by atoms with Gasteiger partial charge in [0.1, 0.15) is 17.5 Å². The third kappa shape index (κ3) is 1.83. The molecule has 0 radical (unpaired) electrons. The van der Waals surface area contributed by atoms with Gasteiger partial charge in [-0.15, -0.1) is 0 Å². The molecule has 1 aliphatic heterocycles. The van der Waals surface area contributed by atoms with Gasteiger partial charge in [-0.05, 0) is 20.8 Å². The molecule has 1 aromatic rings. The number of hydrogen-bond acceptors (Lipinski definition) is 6. The van der Waals surface area contributed by atoms with Crippen LogP contribution in [0.5, 0.6) is 0 Å². The smallest absolute Gasteiger partial charge is 0.166 e. The predicted molar refractivity (Wildman–Crippen MR) is 73.3 cm³/mol. The predicted octanol–water partition coefficient (Wildman–Crippen LogP) is 1.46. The van der Waals surface area contributed by atoms with Gasteiger partial charge in [0.05, 0.1) is 17.6 Å². The van der Waals surface area contributed by atoms with Gasteiger partial charge in [0.25, 0.3) is 0 Å². The minimum absolute atomic E-state index is 0.357. The van der Waals surface area contributed by atoms with E-state index in [1.165, 1.54) is 0 Å². The number of nitrogens with one attached hydrogen (secondary N) is 1. The monoisotopic (exact) mass is 259 g/mol. The molecule has 0 aliphatic carbocycles. The maximum absolute atomic E-state index is 10.7. The molecular formula is C13H17N5O. The molecule has 2 N–H and O–H groups in total. The van der Waals surface area contributed by atoms with Crippen LogP contribution in [0.4, 0.5) is 11.5 Å². The highest BCUT2D eigenvalue weighted by Crippen LogP contribution is 2.41. The standard InChI is InChI=1S/C13H17N5O/c1-5-18-7-16-11-9(6-14)12(15-4)17-8(2)10(11)13(18,3)19/h7,19H,5H2,1-4H3,(H,15,17). The lowest BCUT2D eigenvalue weighted by Crippen LogP contribution is -2.45.